The van der Waals surface area contributed by atoms with Gasteiger partial charge in [-0.3, -0.25) is 0 Å². The van der Waals surface area contributed by atoms with Crippen molar-refractivity contribution in [1.82, 2.24) is 5.32 Å². The van der Waals surface area contributed by atoms with E-state index < -0.39 is 0 Å². The van der Waals surface area contributed by atoms with E-state index in [4.69, 9.17) is 0 Å². The molecule has 1 aliphatic rings. The summed E-state index contributed by atoms with van der Waals surface area (Å²) in [7, 11) is 0. The molecule has 1 aromatic rings. The summed E-state index contributed by atoms with van der Waals surface area (Å²) < 4.78 is 1.27. The van der Waals surface area contributed by atoms with Crippen molar-refractivity contribution in [2.45, 2.75) is 57.9 Å². The zero-order valence-electron chi connectivity index (χ0n) is 12.2. The topological polar surface area (TPSA) is 12.0 Å². The van der Waals surface area contributed by atoms with Crippen LogP contribution in [0.2, 0.25) is 0 Å². The molecule has 0 bridgehead atoms. The van der Waals surface area contributed by atoms with Crippen molar-refractivity contribution >= 4 is 15.9 Å². The van der Waals surface area contributed by atoms with E-state index in [1.807, 2.05) is 0 Å². The van der Waals surface area contributed by atoms with Gasteiger partial charge in [0.1, 0.15) is 0 Å². The summed E-state index contributed by atoms with van der Waals surface area (Å²) in [5, 5.41) is 3.62. The third-order valence-corrected chi connectivity index (χ3v) is 4.93. The van der Waals surface area contributed by atoms with Crippen molar-refractivity contribution in [3.05, 3.63) is 34.3 Å². The first kappa shape index (κ1) is 15.1. The third-order valence-electron chi connectivity index (χ3n) is 4.21. The highest BCUT2D eigenvalue weighted by atomic mass is 79.9. The quantitative estimate of drug-likeness (QED) is 0.766. The van der Waals surface area contributed by atoms with E-state index in [1.165, 1.54) is 42.1 Å². The summed E-state index contributed by atoms with van der Waals surface area (Å²) in [5.74, 6) is 1.58. The van der Waals surface area contributed by atoms with Gasteiger partial charge in [-0.2, -0.15) is 0 Å². The van der Waals surface area contributed by atoms with Crippen LogP contribution in [0.25, 0.3) is 0 Å². The second kappa shape index (κ2) is 7.44. The summed E-state index contributed by atoms with van der Waals surface area (Å²) in [6.07, 6.45) is 7.07. The van der Waals surface area contributed by atoms with Crippen LogP contribution in [0.1, 0.15) is 57.4 Å². The Balaban J connectivity index is 2.06. The normalized spacial score (nSPS) is 18.1. The van der Waals surface area contributed by atoms with E-state index in [1.54, 1.807) is 0 Å². The molecule has 1 N–H and O–H groups in total. The van der Waals surface area contributed by atoms with Crippen molar-refractivity contribution in [2.24, 2.45) is 5.92 Å². The molecule has 19 heavy (non-hydrogen) atoms. The number of halogens is 1. The van der Waals surface area contributed by atoms with E-state index >= 15 is 0 Å². The average Bonchev–Trinajstić information content (AvgIpc) is 2.88. The highest BCUT2D eigenvalue weighted by Crippen LogP contribution is 2.36. The Morgan fingerprint density at radius 2 is 1.89 bits per heavy atom. The fraction of sp³-hybridized carbons (Fsp3) is 0.647. The van der Waals surface area contributed by atoms with Gasteiger partial charge in [0.15, 0.2) is 0 Å². The Labute approximate surface area is 126 Å². The van der Waals surface area contributed by atoms with Crippen LogP contribution < -0.4 is 5.32 Å². The van der Waals surface area contributed by atoms with Gasteiger partial charge in [-0.1, -0.05) is 73.7 Å². The Morgan fingerprint density at radius 3 is 2.53 bits per heavy atom. The second-order valence-electron chi connectivity index (χ2n) is 6.17. The molecule has 2 rings (SSSR count). The first-order valence-electron chi connectivity index (χ1n) is 7.64. The molecule has 1 saturated carbocycles. The highest BCUT2D eigenvalue weighted by Gasteiger charge is 2.22. The minimum absolute atomic E-state index is 0.563. The lowest BCUT2D eigenvalue weighted by Crippen LogP contribution is -2.29. The summed E-state index contributed by atoms with van der Waals surface area (Å²) in [4.78, 5) is 0. The van der Waals surface area contributed by atoms with Crippen molar-refractivity contribution < 1.29 is 0 Å². The average molecular weight is 324 g/mol. The molecule has 0 spiro atoms. The van der Waals surface area contributed by atoms with Crippen molar-refractivity contribution in [2.75, 3.05) is 6.54 Å². The molecule has 1 aromatic carbocycles. The number of benzene rings is 1. The molecule has 1 unspecified atom stereocenters. The van der Waals surface area contributed by atoms with E-state index in [9.17, 15) is 0 Å². The number of hydrogen-bond donors (Lipinski definition) is 1. The summed E-state index contributed by atoms with van der Waals surface area (Å²) in [6, 6.07) is 9.29. The van der Waals surface area contributed by atoms with Gasteiger partial charge < -0.3 is 5.32 Å². The minimum atomic E-state index is 0.563. The number of nitrogens with one attached hydrogen (secondary N) is 1. The van der Waals surface area contributed by atoms with Crippen LogP contribution in [0, 0.1) is 5.92 Å². The molecule has 0 radical (unpaired) electrons. The lowest BCUT2D eigenvalue weighted by atomic mass is 9.87. The van der Waals surface area contributed by atoms with Crippen LogP contribution in [0.5, 0.6) is 0 Å². The van der Waals surface area contributed by atoms with E-state index in [0.29, 0.717) is 12.0 Å². The van der Waals surface area contributed by atoms with Crippen molar-refractivity contribution in [3.8, 4) is 0 Å². The number of hydrogen-bond acceptors (Lipinski definition) is 1. The molecule has 1 atom stereocenters. The SMILES string of the molecule is CC(C)NCC(CC1CCCC1)c1ccccc1Br. The maximum atomic E-state index is 3.73. The van der Waals surface area contributed by atoms with Crippen LogP contribution in [0.4, 0.5) is 0 Å². The third kappa shape index (κ3) is 4.61. The predicted molar refractivity (Wildman–Crippen MR) is 86.6 cm³/mol. The molecule has 1 fully saturated rings. The second-order valence-corrected chi connectivity index (χ2v) is 7.02. The molecular formula is C17H26BrN. The standard InChI is InChI=1S/C17H26BrN/c1-13(2)19-12-15(11-14-7-3-4-8-14)16-9-5-6-10-17(16)18/h5-6,9-10,13-15,19H,3-4,7-8,11-12H2,1-2H3. The first-order chi connectivity index (χ1) is 9.16. The van der Waals surface area contributed by atoms with E-state index in [-0.39, 0.29) is 0 Å². The van der Waals surface area contributed by atoms with Crippen molar-refractivity contribution in [3.63, 3.8) is 0 Å². The van der Waals surface area contributed by atoms with Crippen LogP contribution >= 0.6 is 15.9 Å². The molecule has 0 heterocycles. The van der Waals surface area contributed by atoms with Crippen molar-refractivity contribution in [1.29, 1.82) is 0 Å². The van der Waals surface area contributed by atoms with Gasteiger partial charge in [0, 0.05) is 17.1 Å². The molecule has 0 saturated heterocycles. The zero-order chi connectivity index (χ0) is 13.7. The smallest absolute Gasteiger partial charge is 0.0210 e. The van der Waals surface area contributed by atoms with Crippen LogP contribution in [-0.2, 0) is 0 Å². The maximum Gasteiger partial charge on any atom is 0.0210 e. The Kier molecular flexibility index (Phi) is 5.90. The monoisotopic (exact) mass is 323 g/mol. The lowest BCUT2D eigenvalue weighted by Gasteiger charge is -2.24. The summed E-state index contributed by atoms with van der Waals surface area (Å²) >= 11 is 3.73. The maximum absolute atomic E-state index is 3.73. The molecule has 106 valence electrons. The van der Waals surface area contributed by atoms with Gasteiger partial charge in [-0.15, -0.1) is 0 Å². The largest absolute Gasteiger partial charge is 0.314 e. The first-order valence-corrected chi connectivity index (χ1v) is 8.44. The predicted octanol–water partition coefficient (Wildman–Crippen LogP) is 5.11. The fourth-order valence-electron chi connectivity index (χ4n) is 3.15. The Morgan fingerprint density at radius 1 is 1.21 bits per heavy atom. The number of rotatable bonds is 6. The molecule has 0 amide bonds. The van der Waals surface area contributed by atoms with Gasteiger partial charge in [-0.05, 0) is 29.9 Å². The van der Waals surface area contributed by atoms with E-state index in [0.717, 1.165) is 12.5 Å². The van der Waals surface area contributed by atoms with Gasteiger partial charge in [0.2, 0.25) is 0 Å². The Hall–Kier alpha value is -0.340. The summed E-state index contributed by atoms with van der Waals surface area (Å²) in [6.45, 7) is 5.55. The molecule has 1 aliphatic carbocycles. The van der Waals surface area contributed by atoms with Crippen LogP contribution in [0.3, 0.4) is 0 Å². The highest BCUT2D eigenvalue weighted by molar-refractivity contribution is 9.10. The lowest BCUT2D eigenvalue weighted by molar-refractivity contribution is 0.416. The molecule has 1 nitrogen and oxygen atoms in total. The van der Waals surface area contributed by atoms with Gasteiger partial charge in [0.05, 0.1) is 0 Å². The minimum Gasteiger partial charge on any atom is -0.314 e. The molecular weight excluding hydrogens is 298 g/mol. The van der Waals surface area contributed by atoms with Gasteiger partial charge >= 0.3 is 0 Å². The van der Waals surface area contributed by atoms with Crippen LogP contribution in [0.15, 0.2) is 28.7 Å². The van der Waals surface area contributed by atoms with Gasteiger partial charge in [-0.25, -0.2) is 0 Å². The molecule has 0 aliphatic heterocycles. The molecule has 2 heteroatoms. The fourth-order valence-corrected chi connectivity index (χ4v) is 3.76. The Bertz CT molecular complexity index is 383. The van der Waals surface area contributed by atoms with Crippen LogP contribution in [-0.4, -0.2) is 12.6 Å². The summed E-state index contributed by atoms with van der Waals surface area (Å²) in [5.41, 5.74) is 1.47. The van der Waals surface area contributed by atoms with E-state index in [2.05, 4.69) is 59.4 Å². The molecule has 0 aromatic heterocycles. The zero-order valence-corrected chi connectivity index (χ0v) is 13.7. The van der Waals surface area contributed by atoms with Gasteiger partial charge in [0.25, 0.3) is 0 Å².